The van der Waals surface area contributed by atoms with Gasteiger partial charge in [0.05, 0.1) is 5.52 Å². The van der Waals surface area contributed by atoms with Gasteiger partial charge in [-0.1, -0.05) is 40.2 Å². The Bertz CT molecular complexity index is 960. The highest BCUT2D eigenvalue weighted by Gasteiger charge is 2.23. The van der Waals surface area contributed by atoms with Gasteiger partial charge in [0.1, 0.15) is 11.3 Å². The summed E-state index contributed by atoms with van der Waals surface area (Å²) in [4.78, 5) is 25.2. The van der Waals surface area contributed by atoms with E-state index in [2.05, 4.69) is 15.9 Å². The SMILES string of the molecule is Cn1c(=O)c(C(=O)c2ccccc2Br)c(O)c2ccccc21. The Kier molecular flexibility index (Phi) is 3.58. The number of hydrogen-bond donors (Lipinski definition) is 1. The summed E-state index contributed by atoms with van der Waals surface area (Å²) in [6.07, 6.45) is 0. The Hall–Kier alpha value is -2.40. The second-order valence-corrected chi connectivity index (χ2v) is 5.77. The lowest BCUT2D eigenvalue weighted by Gasteiger charge is -2.11. The van der Waals surface area contributed by atoms with Crippen LogP contribution in [0.3, 0.4) is 0 Å². The monoisotopic (exact) mass is 357 g/mol. The van der Waals surface area contributed by atoms with Crippen LogP contribution in [0.5, 0.6) is 5.75 Å². The van der Waals surface area contributed by atoms with Crippen molar-refractivity contribution in [1.82, 2.24) is 4.57 Å². The molecule has 1 N–H and O–H groups in total. The summed E-state index contributed by atoms with van der Waals surface area (Å²) in [5, 5.41) is 10.9. The highest BCUT2D eigenvalue weighted by Crippen LogP contribution is 2.28. The summed E-state index contributed by atoms with van der Waals surface area (Å²) in [5.41, 5.74) is 0.184. The second-order valence-electron chi connectivity index (χ2n) is 4.91. The predicted molar refractivity (Wildman–Crippen MR) is 88.4 cm³/mol. The molecule has 1 aromatic heterocycles. The zero-order valence-electron chi connectivity index (χ0n) is 11.7. The largest absolute Gasteiger partial charge is 0.506 e. The Labute approximate surface area is 134 Å². The maximum Gasteiger partial charge on any atom is 0.265 e. The third-order valence-electron chi connectivity index (χ3n) is 3.62. The van der Waals surface area contributed by atoms with Crippen LogP contribution in [0.4, 0.5) is 0 Å². The number of aryl methyl sites for hydroxylation is 1. The number of aromatic hydroxyl groups is 1. The fourth-order valence-corrected chi connectivity index (χ4v) is 2.93. The van der Waals surface area contributed by atoms with Crippen LogP contribution in [0.15, 0.2) is 57.8 Å². The molecule has 5 heteroatoms. The molecule has 0 bridgehead atoms. The molecule has 110 valence electrons. The summed E-state index contributed by atoms with van der Waals surface area (Å²) in [6.45, 7) is 0. The molecule has 0 radical (unpaired) electrons. The first-order chi connectivity index (χ1) is 10.5. The molecule has 0 fully saturated rings. The van der Waals surface area contributed by atoms with Crippen molar-refractivity contribution in [1.29, 1.82) is 0 Å². The van der Waals surface area contributed by atoms with Crippen molar-refractivity contribution in [3.63, 3.8) is 0 Å². The van der Waals surface area contributed by atoms with Gasteiger partial charge in [0, 0.05) is 22.5 Å². The number of pyridine rings is 1. The standard InChI is InChI=1S/C17H12BrNO3/c1-19-13-9-5-3-7-11(13)16(21)14(17(19)22)15(20)10-6-2-4-8-12(10)18/h2-9,21H,1H3. The number of nitrogens with zero attached hydrogens (tertiary/aromatic N) is 1. The van der Waals surface area contributed by atoms with Crippen LogP contribution in [-0.4, -0.2) is 15.5 Å². The average Bonchev–Trinajstić information content (AvgIpc) is 2.53. The van der Waals surface area contributed by atoms with Gasteiger partial charge in [0.15, 0.2) is 0 Å². The molecule has 4 nitrogen and oxygen atoms in total. The molecule has 0 saturated carbocycles. The number of halogens is 1. The zero-order chi connectivity index (χ0) is 15.9. The molecule has 0 aliphatic rings. The number of carbonyl (C=O) groups excluding carboxylic acids is 1. The van der Waals surface area contributed by atoms with E-state index in [0.29, 0.717) is 20.9 Å². The Morgan fingerprint density at radius 2 is 1.73 bits per heavy atom. The molecule has 0 atom stereocenters. The molecule has 22 heavy (non-hydrogen) atoms. The van der Waals surface area contributed by atoms with Crippen LogP contribution in [0.2, 0.25) is 0 Å². The van der Waals surface area contributed by atoms with E-state index in [0.717, 1.165) is 0 Å². The van der Waals surface area contributed by atoms with Gasteiger partial charge in [-0.3, -0.25) is 9.59 Å². The highest BCUT2D eigenvalue weighted by molar-refractivity contribution is 9.10. The summed E-state index contributed by atoms with van der Waals surface area (Å²) >= 11 is 3.30. The van der Waals surface area contributed by atoms with Crippen molar-refractivity contribution >= 4 is 32.6 Å². The third-order valence-corrected chi connectivity index (χ3v) is 4.31. The van der Waals surface area contributed by atoms with E-state index >= 15 is 0 Å². The van der Waals surface area contributed by atoms with Crippen LogP contribution < -0.4 is 5.56 Å². The lowest BCUT2D eigenvalue weighted by atomic mass is 10.0. The maximum absolute atomic E-state index is 12.7. The Morgan fingerprint density at radius 1 is 1.09 bits per heavy atom. The Morgan fingerprint density at radius 3 is 2.45 bits per heavy atom. The van der Waals surface area contributed by atoms with Gasteiger partial charge in [0.25, 0.3) is 5.56 Å². The molecule has 0 amide bonds. The number of rotatable bonds is 2. The zero-order valence-corrected chi connectivity index (χ0v) is 13.3. The summed E-state index contributed by atoms with van der Waals surface area (Å²) in [6, 6.07) is 13.7. The van der Waals surface area contributed by atoms with Crippen LogP contribution in [0.1, 0.15) is 15.9 Å². The third kappa shape index (κ3) is 2.14. The van der Waals surface area contributed by atoms with Gasteiger partial charge >= 0.3 is 0 Å². The van der Waals surface area contributed by atoms with E-state index in [1.165, 1.54) is 4.57 Å². The summed E-state index contributed by atoms with van der Waals surface area (Å²) in [5.74, 6) is -0.782. The first kappa shape index (κ1) is 14.5. The average molecular weight is 358 g/mol. The van der Waals surface area contributed by atoms with E-state index in [1.54, 1.807) is 55.6 Å². The van der Waals surface area contributed by atoms with E-state index in [-0.39, 0.29) is 11.3 Å². The highest BCUT2D eigenvalue weighted by atomic mass is 79.9. The van der Waals surface area contributed by atoms with Crippen LogP contribution in [0, 0.1) is 0 Å². The number of para-hydroxylation sites is 1. The molecule has 0 unspecified atom stereocenters. The minimum atomic E-state index is -0.517. The van der Waals surface area contributed by atoms with E-state index < -0.39 is 11.3 Å². The molecule has 0 aliphatic heterocycles. The van der Waals surface area contributed by atoms with Crippen LogP contribution in [-0.2, 0) is 7.05 Å². The van der Waals surface area contributed by atoms with Gasteiger partial charge in [-0.2, -0.15) is 0 Å². The minimum Gasteiger partial charge on any atom is -0.506 e. The first-order valence-electron chi connectivity index (χ1n) is 6.62. The second kappa shape index (κ2) is 5.42. The van der Waals surface area contributed by atoms with Crippen molar-refractivity contribution in [3.05, 3.63) is 74.5 Å². The number of carbonyl (C=O) groups is 1. The summed E-state index contributed by atoms with van der Waals surface area (Å²) in [7, 11) is 1.58. The fourth-order valence-electron chi connectivity index (χ4n) is 2.46. The van der Waals surface area contributed by atoms with Crippen molar-refractivity contribution in [2.24, 2.45) is 7.05 Å². The first-order valence-corrected chi connectivity index (χ1v) is 7.41. The molecular weight excluding hydrogens is 346 g/mol. The summed E-state index contributed by atoms with van der Waals surface area (Å²) < 4.78 is 1.95. The lowest BCUT2D eigenvalue weighted by Crippen LogP contribution is -2.25. The quantitative estimate of drug-likeness (QED) is 0.716. The fraction of sp³-hybridized carbons (Fsp3) is 0.0588. The van der Waals surface area contributed by atoms with Crippen molar-refractivity contribution in [3.8, 4) is 5.75 Å². The van der Waals surface area contributed by atoms with E-state index in [4.69, 9.17) is 0 Å². The molecule has 2 aromatic carbocycles. The molecule has 0 aliphatic carbocycles. The van der Waals surface area contributed by atoms with Crippen molar-refractivity contribution in [2.45, 2.75) is 0 Å². The van der Waals surface area contributed by atoms with Crippen LogP contribution >= 0.6 is 15.9 Å². The van der Waals surface area contributed by atoms with Crippen molar-refractivity contribution in [2.75, 3.05) is 0 Å². The van der Waals surface area contributed by atoms with Crippen molar-refractivity contribution < 1.29 is 9.90 Å². The Balaban J connectivity index is 2.35. The van der Waals surface area contributed by atoms with E-state index in [1.807, 2.05) is 0 Å². The number of ketones is 1. The molecule has 1 heterocycles. The maximum atomic E-state index is 12.7. The van der Waals surface area contributed by atoms with Gasteiger partial charge in [0.2, 0.25) is 5.78 Å². The van der Waals surface area contributed by atoms with Gasteiger partial charge in [-0.25, -0.2) is 0 Å². The lowest BCUT2D eigenvalue weighted by molar-refractivity contribution is 0.103. The smallest absolute Gasteiger partial charge is 0.265 e. The molecule has 0 spiro atoms. The van der Waals surface area contributed by atoms with E-state index in [9.17, 15) is 14.7 Å². The van der Waals surface area contributed by atoms with Gasteiger partial charge in [-0.05, 0) is 24.3 Å². The molecule has 0 saturated heterocycles. The van der Waals surface area contributed by atoms with Gasteiger partial charge < -0.3 is 9.67 Å². The predicted octanol–water partition coefficient (Wildman–Crippen LogP) is 3.24. The minimum absolute atomic E-state index is 0.215. The molecular formula is C17H12BrNO3. The number of aromatic nitrogens is 1. The number of benzene rings is 2. The molecule has 3 rings (SSSR count). The van der Waals surface area contributed by atoms with Crippen LogP contribution in [0.25, 0.3) is 10.9 Å². The topological polar surface area (TPSA) is 59.3 Å². The normalized spacial score (nSPS) is 10.8. The number of fused-ring (bicyclic) bond motifs is 1. The number of hydrogen-bond acceptors (Lipinski definition) is 3. The molecule has 3 aromatic rings. The van der Waals surface area contributed by atoms with Gasteiger partial charge in [-0.15, -0.1) is 0 Å².